The second-order valence-corrected chi connectivity index (χ2v) is 7.69. The molecule has 2 aliphatic heterocycles. The Hall–Kier alpha value is -1.78. The molecule has 0 bridgehead atoms. The average Bonchev–Trinajstić information content (AvgIpc) is 3.23. The van der Waals surface area contributed by atoms with E-state index in [9.17, 15) is 8.42 Å². The van der Waals surface area contributed by atoms with Gasteiger partial charge in [0, 0.05) is 19.5 Å². The number of H-pyrrole nitrogens is 1. The lowest BCUT2D eigenvalue weighted by atomic mass is 10.0. The van der Waals surface area contributed by atoms with Crippen LogP contribution in [-0.2, 0) is 27.8 Å². The van der Waals surface area contributed by atoms with E-state index < -0.39 is 10.0 Å². The maximum atomic E-state index is 12.8. The number of hydrogen-bond donors (Lipinski definition) is 1. The van der Waals surface area contributed by atoms with Crippen molar-refractivity contribution in [3.8, 4) is 0 Å². The van der Waals surface area contributed by atoms with Gasteiger partial charge in [-0.3, -0.25) is 0 Å². The molecule has 2 aromatic rings. The predicted octanol–water partition coefficient (Wildman–Crippen LogP) is 0.0981. The Balaban J connectivity index is 1.57. The van der Waals surface area contributed by atoms with Crippen molar-refractivity contribution in [3.05, 3.63) is 23.9 Å². The molecule has 2 aliphatic rings. The monoisotopic (exact) mass is 338 g/mol. The summed E-state index contributed by atoms with van der Waals surface area (Å²) in [5.41, 5.74) is 0.934. The van der Waals surface area contributed by atoms with Gasteiger partial charge in [-0.25, -0.2) is 18.1 Å². The van der Waals surface area contributed by atoms with Gasteiger partial charge in [0.05, 0.1) is 36.8 Å². The third kappa shape index (κ3) is 2.37. The Kier molecular flexibility index (Phi) is 3.47. The summed E-state index contributed by atoms with van der Waals surface area (Å²) in [4.78, 5) is 6.96. The second-order valence-electron chi connectivity index (χ2n) is 5.79. The molecule has 1 saturated heterocycles. The number of rotatable bonds is 3. The number of fused-ring (bicyclic) bond motifs is 3. The van der Waals surface area contributed by atoms with Crippen molar-refractivity contribution in [3.63, 3.8) is 0 Å². The lowest BCUT2D eigenvalue weighted by Gasteiger charge is -2.40. The zero-order chi connectivity index (χ0) is 16.0. The number of nitrogens with zero attached hydrogens (tertiary/aromatic N) is 5. The molecular formula is C13H18N6O3S. The number of piperidine rings is 1. The number of ether oxygens (including phenoxy) is 1. The van der Waals surface area contributed by atoms with Crippen LogP contribution in [-0.4, -0.2) is 56.9 Å². The summed E-state index contributed by atoms with van der Waals surface area (Å²) in [6.45, 7) is 3.07. The van der Waals surface area contributed by atoms with E-state index in [0.717, 1.165) is 5.69 Å². The van der Waals surface area contributed by atoms with Crippen LogP contribution in [0, 0.1) is 0 Å². The van der Waals surface area contributed by atoms with Crippen molar-refractivity contribution in [2.45, 2.75) is 43.5 Å². The van der Waals surface area contributed by atoms with Crippen LogP contribution < -0.4 is 0 Å². The fourth-order valence-corrected chi connectivity index (χ4v) is 4.57. The van der Waals surface area contributed by atoms with E-state index in [4.69, 9.17) is 4.74 Å². The van der Waals surface area contributed by atoms with Gasteiger partial charge in [0.25, 0.3) is 10.0 Å². The quantitative estimate of drug-likeness (QED) is 0.851. The van der Waals surface area contributed by atoms with Crippen LogP contribution in [0.3, 0.4) is 0 Å². The molecule has 9 nitrogen and oxygen atoms in total. The van der Waals surface area contributed by atoms with E-state index in [0.29, 0.717) is 38.4 Å². The smallest absolute Gasteiger partial charge is 0.260 e. The Morgan fingerprint density at radius 3 is 3.09 bits per heavy atom. The van der Waals surface area contributed by atoms with Crippen molar-refractivity contribution < 1.29 is 13.2 Å². The standard InChI is InChI=1S/C13H18N6O3S/c1-2-12-14-6-13(16-12)23(20,21)18-4-3-10-11(7-18)22-8-9-5-15-17-19(9)10/h5-6,10-11H,2-4,7-8H2,1H3,(H,14,16). The van der Waals surface area contributed by atoms with Crippen LogP contribution in [0.15, 0.2) is 17.4 Å². The molecule has 0 saturated carbocycles. The number of aromatic amines is 1. The summed E-state index contributed by atoms with van der Waals surface area (Å²) in [5.74, 6) is 0.666. The molecule has 1 fully saturated rings. The number of imidazole rings is 1. The highest BCUT2D eigenvalue weighted by Crippen LogP contribution is 2.32. The molecule has 0 aromatic carbocycles. The van der Waals surface area contributed by atoms with E-state index >= 15 is 0 Å². The zero-order valence-electron chi connectivity index (χ0n) is 12.7. The summed E-state index contributed by atoms with van der Waals surface area (Å²) in [7, 11) is -3.58. The van der Waals surface area contributed by atoms with Gasteiger partial charge >= 0.3 is 0 Å². The van der Waals surface area contributed by atoms with Gasteiger partial charge in [-0.1, -0.05) is 12.1 Å². The van der Waals surface area contributed by atoms with E-state index in [2.05, 4.69) is 20.3 Å². The van der Waals surface area contributed by atoms with Gasteiger partial charge in [0.1, 0.15) is 5.82 Å². The Morgan fingerprint density at radius 2 is 2.30 bits per heavy atom. The van der Waals surface area contributed by atoms with E-state index in [1.807, 2.05) is 11.6 Å². The summed E-state index contributed by atoms with van der Waals surface area (Å²) in [5, 5.41) is 8.16. The van der Waals surface area contributed by atoms with Crippen LogP contribution in [0.1, 0.15) is 30.9 Å². The number of hydrogen-bond acceptors (Lipinski definition) is 6. The topological polar surface area (TPSA) is 106 Å². The van der Waals surface area contributed by atoms with Crippen molar-refractivity contribution in [1.29, 1.82) is 0 Å². The van der Waals surface area contributed by atoms with E-state index in [1.165, 1.54) is 10.5 Å². The first kappa shape index (κ1) is 14.8. The zero-order valence-corrected chi connectivity index (χ0v) is 13.5. The fraction of sp³-hybridized carbons (Fsp3) is 0.615. The Morgan fingerprint density at radius 1 is 1.43 bits per heavy atom. The van der Waals surface area contributed by atoms with E-state index in [-0.39, 0.29) is 17.2 Å². The van der Waals surface area contributed by atoms with Crippen molar-refractivity contribution in [2.24, 2.45) is 0 Å². The summed E-state index contributed by atoms with van der Waals surface area (Å²) < 4.78 is 34.6. The van der Waals surface area contributed by atoms with Crippen LogP contribution in [0.2, 0.25) is 0 Å². The number of aryl methyl sites for hydroxylation is 1. The minimum Gasteiger partial charge on any atom is -0.368 e. The van der Waals surface area contributed by atoms with Gasteiger partial charge in [-0.2, -0.15) is 4.31 Å². The molecular weight excluding hydrogens is 320 g/mol. The molecule has 4 heterocycles. The van der Waals surface area contributed by atoms with Crippen molar-refractivity contribution in [2.75, 3.05) is 13.1 Å². The summed E-state index contributed by atoms with van der Waals surface area (Å²) >= 11 is 0. The van der Waals surface area contributed by atoms with Crippen molar-refractivity contribution >= 4 is 10.0 Å². The SMILES string of the molecule is CCc1ncc(S(=O)(=O)N2CCC3C(C2)OCc2cnnn23)[nH]1. The molecule has 1 N–H and O–H groups in total. The Labute approximate surface area is 133 Å². The van der Waals surface area contributed by atoms with Gasteiger partial charge in [-0.05, 0) is 6.42 Å². The van der Waals surface area contributed by atoms with Gasteiger partial charge in [0.2, 0.25) is 0 Å². The fourth-order valence-electron chi connectivity index (χ4n) is 3.17. The van der Waals surface area contributed by atoms with E-state index in [1.54, 1.807) is 6.20 Å². The van der Waals surface area contributed by atoms with Crippen LogP contribution in [0.25, 0.3) is 0 Å². The highest BCUT2D eigenvalue weighted by atomic mass is 32.2. The molecule has 124 valence electrons. The molecule has 0 spiro atoms. The maximum absolute atomic E-state index is 12.8. The third-order valence-electron chi connectivity index (χ3n) is 4.45. The normalized spacial score (nSPS) is 25.1. The lowest BCUT2D eigenvalue weighted by Crippen LogP contribution is -2.50. The van der Waals surface area contributed by atoms with Crippen LogP contribution >= 0.6 is 0 Å². The third-order valence-corrected chi connectivity index (χ3v) is 6.23. The number of sulfonamides is 1. The molecule has 0 amide bonds. The molecule has 0 radical (unpaired) electrons. The predicted molar refractivity (Wildman–Crippen MR) is 79.0 cm³/mol. The van der Waals surface area contributed by atoms with Gasteiger partial charge < -0.3 is 9.72 Å². The molecule has 4 rings (SSSR count). The van der Waals surface area contributed by atoms with Crippen LogP contribution in [0.5, 0.6) is 0 Å². The second kappa shape index (κ2) is 5.39. The lowest BCUT2D eigenvalue weighted by molar-refractivity contribution is -0.0544. The highest BCUT2D eigenvalue weighted by Gasteiger charge is 2.40. The minimum absolute atomic E-state index is 0.0423. The minimum atomic E-state index is -3.58. The molecule has 2 aromatic heterocycles. The largest absolute Gasteiger partial charge is 0.368 e. The molecule has 2 unspecified atom stereocenters. The average molecular weight is 338 g/mol. The molecule has 2 atom stereocenters. The summed E-state index contributed by atoms with van der Waals surface area (Å²) in [6.07, 6.45) is 4.18. The van der Waals surface area contributed by atoms with Gasteiger partial charge in [-0.15, -0.1) is 5.10 Å². The highest BCUT2D eigenvalue weighted by molar-refractivity contribution is 7.89. The first-order valence-corrected chi connectivity index (χ1v) is 9.08. The maximum Gasteiger partial charge on any atom is 0.260 e. The first-order chi connectivity index (χ1) is 11.1. The summed E-state index contributed by atoms with van der Waals surface area (Å²) in [6, 6.07) is 0.0423. The molecule has 23 heavy (non-hydrogen) atoms. The number of aromatic nitrogens is 5. The van der Waals surface area contributed by atoms with Crippen LogP contribution in [0.4, 0.5) is 0 Å². The first-order valence-electron chi connectivity index (χ1n) is 7.64. The molecule has 10 heteroatoms. The van der Waals surface area contributed by atoms with Gasteiger partial charge in [0.15, 0.2) is 5.03 Å². The molecule has 0 aliphatic carbocycles. The number of nitrogens with one attached hydrogen (secondary N) is 1. The van der Waals surface area contributed by atoms with Crippen molar-refractivity contribution in [1.82, 2.24) is 29.3 Å². The Bertz CT molecular complexity index is 813.